The van der Waals surface area contributed by atoms with Crippen LogP contribution in [0, 0.1) is 0 Å². The summed E-state index contributed by atoms with van der Waals surface area (Å²) in [6.07, 6.45) is 2.47. The molecule has 10 heavy (non-hydrogen) atoms. The third kappa shape index (κ3) is 1.31. The van der Waals surface area contributed by atoms with Crippen LogP contribution in [0.15, 0.2) is 6.33 Å². The highest BCUT2D eigenvalue weighted by atomic mass is 32.1. The first kappa shape index (κ1) is 7.60. The minimum absolute atomic E-state index is 0.123. The van der Waals surface area contributed by atoms with Gasteiger partial charge < -0.3 is 0 Å². The molecule has 0 aromatic carbocycles. The van der Waals surface area contributed by atoms with Crippen LogP contribution in [-0.4, -0.2) is 14.8 Å². The molecule has 1 atom stereocenters. The number of thiol groups is 1. The van der Waals surface area contributed by atoms with Crippen molar-refractivity contribution in [3.63, 3.8) is 0 Å². The third-order valence-corrected chi connectivity index (χ3v) is 1.54. The maximum absolute atomic E-state index is 4.24. The highest BCUT2D eigenvalue weighted by Crippen LogP contribution is 2.09. The number of aromatic nitrogens is 3. The van der Waals surface area contributed by atoms with Crippen molar-refractivity contribution in [3.8, 4) is 0 Å². The lowest BCUT2D eigenvalue weighted by molar-refractivity contribution is 0.608. The molecule has 56 valence electrons. The van der Waals surface area contributed by atoms with Crippen molar-refractivity contribution >= 4 is 12.6 Å². The minimum atomic E-state index is 0.123. The van der Waals surface area contributed by atoms with Gasteiger partial charge in [-0.2, -0.15) is 17.7 Å². The van der Waals surface area contributed by atoms with E-state index in [0.717, 1.165) is 12.2 Å². The van der Waals surface area contributed by atoms with Crippen LogP contribution in [-0.2, 0) is 6.42 Å². The van der Waals surface area contributed by atoms with Crippen LogP contribution >= 0.6 is 12.6 Å². The molecule has 4 heteroatoms. The van der Waals surface area contributed by atoms with Crippen LogP contribution in [0.5, 0.6) is 0 Å². The summed E-state index contributed by atoms with van der Waals surface area (Å²) < 4.78 is 1.81. The molecule has 1 unspecified atom stereocenters. The zero-order chi connectivity index (χ0) is 7.56. The van der Waals surface area contributed by atoms with E-state index in [0.29, 0.717) is 0 Å². The summed E-state index contributed by atoms with van der Waals surface area (Å²) in [7, 11) is 0. The van der Waals surface area contributed by atoms with Gasteiger partial charge in [-0.05, 0) is 6.92 Å². The number of rotatable bonds is 2. The predicted molar refractivity (Wildman–Crippen MR) is 43.1 cm³/mol. The Bertz CT molecular complexity index is 207. The highest BCUT2D eigenvalue weighted by Gasteiger charge is 2.03. The molecule has 0 amide bonds. The van der Waals surface area contributed by atoms with E-state index in [4.69, 9.17) is 0 Å². The van der Waals surface area contributed by atoms with Gasteiger partial charge in [0.05, 0.1) is 5.37 Å². The average Bonchev–Trinajstić information content (AvgIpc) is 2.33. The molecule has 0 bridgehead atoms. The first-order valence-corrected chi connectivity index (χ1v) is 3.83. The van der Waals surface area contributed by atoms with E-state index in [1.165, 1.54) is 0 Å². The van der Waals surface area contributed by atoms with E-state index in [1.54, 1.807) is 6.33 Å². The number of hydrogen-bond acceptors (Lipinski definition) is 3. The summed E-state index contributed by atoms with van der Waals surface area (Å²) in [6, 6.07) is 0. The molecular weight excluding hydrogens is 146 g/mol. The van der Waals surface area contributed by atoms with Crippen LogP contribution in [0.2, 0.25) is 0 Å². The maximum Gasteiger partial charge on any atom is 0.138 e. The van der Waals surface area contributed by atoms with Crippen molar-refractivity contribution in [2.24, 2.45) is 0 Å². The molecule has 0 aliphatic carbocycles. The van der Waals surface area contributed by atoms with Crippen molar-refractivity contribution in [1.82, 2.24) is 14.8 Å². The van der Waals surface area contributed by atoms with Gasteiger partial charge in [-0.3, -0.25) is 0 Å². The van der Waals surface area contributed by atoms with Gasteiger partial charge in [0, 0.05) is 6.42 Å². The van der Waals surface area contributed by atoms with Crippen molar-refractivity contribution in [1.29, 1.82) is 0 Å². The van der Waals surface area contributed by atoms with Crippen LogP contribution in [0.1, 0.15) is 25.0 Å². The standard InChI is InChI=1S/C6H11N3S/c1-3-6-7-4-8-9(6)5(2)10/h4-5,10H,3H2,1-2H3. The Morgan fingerprint density at radius 3 is 2.90 bits per heavy atom. The molecule has 1 aromatic rings. The lowest BCUT2D eigenvalue weighted by Gasteiger charge is -2.05. The summed E-state index contributed by atoms with van der Waals surface area (Å²) in [5, 5.41) is 4.14. The molecule has 1 aromatic heterocycles. The van der Waals surface area contributed by atoms with Crippen molar-refractivity contribution < 1.29 is 0 Å². The first-order chi connectivity index (χ1) is 4.75. The lowest BCUT2D eigenvalue weighted by Crippen LogP contribution is -2.05. The summed E-state index contributed by atoms with van der Waals surface area (Å²) >= 11 is 4.24. The molecule has 0 N–H and O–H groups in total. The molecule has 0 radical (unpaired) electrons. The monoisotopic (exact) mass is 157 g/mol. The predicted octanol–water partition coefficient (Wildman–Crippen LogP) is 1.29. The second kappa shape index (κ2) is 3.05. The molecule has 0 spiro atoms. The lowest BCUT2D eigenvalue weighted by atomic mass is 10.4. The normalized spacial score (nSPS) is 13.5. The Labute approximate surface area is 65.9 Å². The largest absolute Gasteiger partial charge is 0.238 e. The fraction of sp³-hybridized carbons (Fsp3) is 0.667. The Morgan fingerprint density at radius 2 is 2.50 bits per heavy atom. The van der Waals surface area contributed by atoms with Gasteiger partial charge in [-0.15, -0.1) is 0 Å². The minimum Gasteiger partial charge on any atom is -0.238 e. The number of hydrogen-bond donors (Lipinski definition) is 1. The van der Waals surface area contributed by atoms with Gasteiger partial charge in [0.15, 0.2) is 0 Å². The second-order valence-electron chi connectivity index (χ2n) is 2.11. The maximum atomic E-state index is 4.24. The molecule has 1 heterocycles. The van der Waals surface area contributed by atoms with Crippen molar-refractivity contribution in [2.45, 2.75) is 25.6 Å². The van der Waals surface area contributed by atoms with E-state index in [-0.39, 0.29) is 5.37 Å². The van der Waals surface area contributed by atoms with E-state index in [2.05, 4.69) is 29.6 Å². The summed E-state index contributed by atoms with van der Waals surface area (Å²) in [4.78, 5) is 4.06. The average molecular weight is 157 g/mol. The molecule has 0 aliphatic rings. The van der Waals surface area contributed by atoms with Gasteiger partial charge in [0.25, 0.3) is 0 Å². The molecule has 1 rings (SSSR count). The first-order valence-electron chi connectivity index (χ1n) is 3.32. The fourth-order valence-corrected chi connectivity index (χ4v) is 1.03. The van der Waals surface area contributed by atoms with E-state index in [1.807, 2.05) is 11.6 Å². The highest BCUT2D eigenvalue weighted by molar-refractivity contribution is 7.80. The molecule has 0 fully saturated rings. The molecule has 0 saturated heterocycles. The quantitative estimate of drug-likeness (QED) is 0.656. The zero-order valence-corrected chi connectivity index (χ0v) is 7.05. The Balaban J connectivity index is 2.90. The van der Waals surface area contributed by atoms with Crippen molar-refractivity contribution in [2.75, 3.05) is 0 Å². The van der Waals surface area contributed by atoms with Gasteiger partial charge in [0.2, 0.25) is 0 Å². The summed E-state index contributed by atoms with van der Waals surface area (Å²) in [5.74, 6) is 0.988. The van der Waals surface area contributed by atoms with Crippen LogP contribution in [0.3, 0.4) is 0 Å². The topological polar surface area (TPSA) is 30.7 Å². The Hall–Kier alpha value is -0.510. The Morgan fingerprint density at radius 1 is 1.80 bits per heavy atom. The second-order valence-corrected chi connectivity index (χ2v) is 2.85. The third-order valence-electron chi connectivity index (χ3n) is 1.32. The van der Waals surface area contributed by atoms with E-state index < -0.39 is 0 Å². The Kier molecular flexibility index (Phi) is 2.32. The van der Waals surface area contributed by atoms with Crippen LogP contribution in [0.4, 0.5) is 0 Å². The molecule has 0 aliphatic heterocycles. The van der Waals surface area contributed by atoms with Gasteiger partial charge >= 0.3 is 0 Å². The van der Waals surface area contributed by atoms with E-state index >= 15 is 0 Å². The number of nitrogens with zero attached hydrogens (tertiary/aromatic N) is 3. The zero-order valence-electron chi connectivity index (χ0n) is 6.15. The fourth-order valence-electron chi connectivity index (χ4n) is 0.839. The summed E-state index contributed by atoms with van der Waals surface area (Å²) in [6.45, 7) is 4.02. The van der Waals surface area contributed by atoms with Crippen LogP contribution in [0.25, 0.3) is 0 Å². The van der Waals surface area contributed by atoms with Gasteiger partial charge in [0.1, 0.15) is 12.2 Å². The van der Waals surface area contributed by atoms with Crippen molar-refractivity contribution in [3.05, 3.63) is 12.2 Å². The summed E-state index contributed by atoms with van der Waals surface area (Å²) in [5.41, 5.74) is 0. The molecule has 0 saturated carbocycles. The van der Waals surface area contributed by atoms with Gasteiger partial charge in [-0.1, -0.05) is 6.92 Å². The van der Waals surface area contributed by atoms with Crippen LogP contribution < -0.4 is 0 Å². The smallest absolute Gasteiger partial charge is 0.138 e. The number of aryl methyl sites for hydroxylation is 1. The SMILES string of the molecule is CCc1ncnn1C(C)S. The van der Waals surface area contributed by atoms with E-state index in [9.17, 15) is 0 Å². The molecule has 3 nitrogen and oxygen atoms in total. The molecular formula is C6H11N3S. The van der Waals surface area contributed by atoms with Gasteiger partial charge in [-0.25, -0.2) is 9.67 Å².